The quantitative estimate of drug-likeness (QED) is 0.722. The minimum Gasteiger partial charge on any atom is -0.0656 e. The maximum Gasteiger partial charge on any atom is 0.0779 e. The molecule has 0 N–H and O–H groups in total. The van der Waals surface area contributed by atoms with Gasteiger partial charge in [0.05, 0.1) is 16.1 Å². The third-order valence-electron chi connectivity index (χ3n) is 3.15. The van der Waals surface area contributed by atoms with Crippen LogP contribution in [0.4, 0.5) is 0 Å². The molecule has 0 nitrogen and oxygen atoms in total. The Bertz CT molecular complexity index is 335. The largest absolute Gasteiger partial charge is 0.0779 e. The summed E-state index contributed by atoms with van der Waals surface area (Å²) in [6, 6.07) is 7.02. The van der Waals surface area contributed by atoms with Crippen molar-refractivity contribution in [2.75, 3.05) is 0 Å². The Morgan fingerprint density at radius 1 is 0.812 bits per heavy atom. The molecule has 0 amide bonds. The van der Waals surface area contributed by atoms with Gasteiger partial charge in [0.15, 0.2) is 0 Å². The molecule has 1 aromatic carbocycles. The van der Waals surface area contributed by atoms with Crippen molar-refractivity contribution in [1.82, 2.24) is 0 Å². The van der Waals surface area contributed by atoms with Gasteiger partial charge in [0.1, 0.15) is 0 Å². The lowest BCUT2D eigenvalue weighted by Crippen LogP contribution is -2.48. The molecule has 0 aliphatic heterocycles. The van der Waals surface area contributed by atoms with Gasteiger partial charge in [-0.3, -0.25) is 0 Å². The van der Waals surface area contributed by atoms with Crippen LogP contribution in [-0.2, 0) is 6.42 Å². The van der Waals surface area contributed by atoms with E-state index < -0.39 is 16.1 Å². The molecule has 0 radical (unpaired) electrons. The fourth-order valence-corrected chi connectivity index (χ4v) is 6.12. The van der Waals surface area contributed by atoms with Crippen LogP contribution < -0.4 is 10.4 Å². The monoisotopic (exact) mass is 250 g/mol. The van der Waals surface area contributed by atoms with Gasteiger partial charge in [0.25, 0.3) is 0 Å². The number of benzene rings is 1. The van der Waals surface area contributed by atoms with E-state index in [1.165, 1.54) is 6.42 Å². The highest BCUT2D eigenvalue weighted by molar-refractivity contribution is 6.92. The summed E-state index contributed by atoms with van der Waals surface area (Å²) in [4.78, 5) is 0. The van der Waals surface area contributed by atoms with Gasteiger partial charge in [0, 0.05) is 0 Å². The Labute approximate surface area is 103 Å². The molecule has 0 aliphatic rings. The molecular weight excluding hydrogens is 224 g/mol. The second-order valence-electron chi connectivity index (χ2n) is 6.69. The molecule has 0 aliphatic carbocycles. The molecule has 0 bridgehead atoms. The Hall–Kier alpha value is -0.346. The maximum absolute atomic E-state index is 2.45. The first kappa shape index (κ1) is 13.7. The first-order valence-electron chi connectivity index (χ1n) is 6.30. The predicted octanol–water partition coefficient (Wildman–Crippen LogP) is 3.34. The van der Waals surface area contributed by atoms with Crippen molar-refractivity contribution < 1.29 is 0 Å². The molecule has 1 aromatic rings. The summed E-state index contributed by atoms with van der Waals surface area (Å²) in [6.45, 7) is 17.0. The number of rotatable bonds is 3. The number of hydrogen-bond acceptors (Lipinski definition) is 0. The van der Waals surface area contributed by atoms with Gasteiger partial charge in [-0.25, -0.2) is 0 Å². The van der Waals surface area contributed by atoms with Gasteiger partial charge in [-0.05, 0) is 12.0 Å². The molecule has 0 heterocycles. The van der Waals surface area contributed by atoms with Gasteiger partial charge in [-0.15, -0.1) is 0 Å². The third kappa shape index (κ3) is 2.86. The average Bonchev–Trinajstić information content (AvgIpc) is 2.13. The highest BCUT2D eigenvalue weighted by atomic mass is 28.3. The van der Waals surface area contributed by atoms with E-state index in [0.717, 1.165) is 0 Å². The first-order chi connectivity index (χ1) is 7.18. The zero-order valence-corrected chi connectivity index (χ0v) is 13.9. The summed E-state index contributed by atoms with van der Waals surface area (Å²) in [5.41, 5.74) is 1.67. The van der Waals surface area contributed by atoms with E-state index in [1.54, 1.807) is 15.9 Å². The molecule has 90 valence electrons. The van der Waals surface area contributed by atoms with Crippen LogP contribution in [0.25, 0.3) is 0 Å². The molecule has 1 rings (SSSR count). The standard InChI is InChI=1S/C14H26Si2/c1-8-12-13(15(2,3)4)10-9-11-14(12)16(5,6)7/h9-11H,8H2,1-7H3. The highest BCUT2D eigenvalue weighted by Gasteiger charge is 2.25. The molecule has 2 heteroatoms. The average molecular weight is 251 g/mol. The SMILES string of the molecule is CCc1c([Si](C)(C)C)cccc1[Si](C)(C)C. The second-order valence-corrected chi connectivity index (χ2v) is 16.8. The number of hydrogen-bond donors (Lipinski definition) is 0. The lowest BCUT2D eigenvalue weighted by molar-refractivity contribution is 1.16. The van der Waals surface area contributed by atoms with E-state index in [0.29, 0.717) is 0 Å². The van der Waals surface area contributed by atoms with E-state index in [1.807, 2.05) is 0 Å². The smallest absolute Gasteiger partial charge is 0.0656 e. The molecule has 0 fully saturated rings. The van der Waals surface area contributed by atoms with E-state index in [2.05, 4.69) is 64.4 Å². The summed E-state index contributed by atoms with van der Waals surface area (Å²) < 4.78 is 0. The highest BCUT2D eigenvalue weighted by Crippen LogP contribution is 2.11. The zero-order valence-electron chi connectivity index (χ0n) is 11.9. The van der Waals surface area contributed by atoms with Crippen molar-refractivity contribution >= 4 is 26.5 Å². The molecule has 16 heavy (non-hydrogen) atoms. The van der Waals surface area contributed by atoms with Crippen LogP contribution in [0, 0.1) is 0 Å². The van der Waals surface area contributed by atoms with Crippen molar-refractivity contribution in [1.29, 1.82) is 0 Å². The van der Waals surface area contributed by atoms with E-state index >= 15 is 0 Å². The Morgan fingerprint density at radius 3 is 1.44 bits per heavy atom. The topological polar surface area (TPSA) is 0 Å². The van der Waals surface area contributed by atoms with Crippen molar-refractivity contribution in [3.63, 3.8) is 0 Å². The van der Waals surface area contributed by atoms with Gasteiger partial charge in [0.2, 0.25) is 0 Å². The fourth-order valence-electron chi connectivity index (χ4n) is 2.37. The molecule has 0 saturated heterocycles. The molecule has 0 aromatic heterocycles. The molecule has 0 atom stereocenters. The van der Waals surface area contributed by atoms with E-state index in [4.69, 9.17) is 0 Å². The summed E-state index contributed by atoms with van der Waals surface area (Å²) >= 11 is 0. The van der Waals surface area contributed by atoms with Crippen LogP contribution in [0.5, 0.6) is 0 Å². The first-order valence-corrected chi connectivity index (χ1v) is 13.3. The van der Waals surface area contributed by atoms with Crippen LogP contribution in [0.1, 0.15) is 12.5 Å². The van der Waals surface area contributed by atoms with Crippen LogP contribution >= 0.6 is 0 Å². The maximum atomic E-state index is 2.45. The second kappa shape index (κ2) is 4.49. The lowest BCUT2D eigenvalue weighted by atomic mass is 10.2. The van der Waals surface area contributed by atoms with E-state index in [-0.39, 0.29) is 0 Å². The van der Waals surface area contributed by atoms with E-state index in [9.17, 15) is 0 Å². The summed E-state index contributed by atoms with van der Waals surface area (Å²) in [6.07, 6.45) is 1.19. The normalized spacial score (nSPS) is 12.9. The van der Waals surface area contributed by atoms with Crippen LogP contribution in [0.3, 0.4) is 0 Å². The molecular formula is C14H26Si2. The van der Waals surface area contributed by atoms with Gasteiger partial charge >= 0.3 is 0 Å². The Morgan fingerprint density at radius 2 is 1.19 bits per heavy atom. The minimum absolute atomic E-state index is 1.19. The molecule has 0 saturated carbocycles. The van der Waals surface area contributed by atoms with Gasteiger partial charge < -0.3 is 0 Å². The zero-order chi connectivity index (χ0) is 12.6. The third-order valence-corrected chi connectivity index (χ3v) is 7.31. The predicted molar refractivity (Wildman–Crippen MR) is 81.8 cm³/mol. The molecule has 0 unspecified atom stereocenters. The minimum atomic E-state index is -1.19. The fraction of sp³-hybridized carbons (Fsp3) is 0.571. The Kier molecular flexibility index (Phi) is 3.85. The van der Waals surface area contributed by atoms with Gasteiger partial charge in [-0.1, -0.05) is 74.8 Å². The summed E-state index contributed by atoms with van der Waals surface area (Å²) in [7, 11) is -2.37. The lowest BCUT2D eigenvalue weighted by Gasteiger charge is -2.27. The summed E-state index contributed by atoms with van der Waals surface area (Å²) in [5.74, 6) is 0. The summed E-state index contributed by atoms with van der Waals surface area (Å²) in [5, 5.41) is 3.35. The van der Waals surface area contributed by atoms with Crippen LogP contribution in [-0.4, -0.2) is 16.1 Å². The molecule has 0 spiro atoms. The van der Waals surface area contributed by atoms with Crippen molar-refractivity contribution in [2.24, 2.45) is 0 Å². The van der Waals surface area contributed by atoms with Crippen LogP contribution in [0.15, 0.2) is 18.2 Å². The van der Waals surface area contributed by atoms with Crippen molar-refractivity contribution in [3.8, 4) is 0 Å². The Balaban J connectivity index is 3.45. The van der Waals surface area contributed by atoms with Crippen molar-refractivity contribution in [3.05, 3.63) is 23.8 Å². The van der Waals surface area contributed by atoms with Crippen LogP contribution in [0.2, 0.25) is 39.3 Å². The van der Waals surface area contributed by atoms with Gasteiger partial charge in [-0.2, -0.15) is 0 Å². The van der Waals surface area contributed by atoms with Crippen molar-refractivity contribution in [2.45, 2.75) is 52.6 Å².